The highest BCUT2D eigenvalue weighted by atomic mass is 32.2. The summed E-state index contributed by atoms with van der Waals surface area (Å²) in [5, 5.41) is -0.0814. The molecule has 3 nitrogen and oxygen atoms in total. The van der Waals surface area contributed by atoms with E-state index in [0.717, 1.165) is 28.9 Å². The maximum atomic E-state index is 10.9. The second kappa shape index (κ2) is 5.60. The zero-order valence-electron chi connectivity index (χ0n) is 9.92. The van der Waals surface area contributed by atoms with Crippen LogP contribution in [0, 0.1) is 0 Å². The van der Waals surface area contributed by atoms with E-state index < -0.39 is 0 Å². The third kappa shape index (κ3) is 3.05. The van der Waals surface area contributed by atoms with Crippen LogP contribution >= 0.6 is 12.0 Å². The van der Waals surface area contributed by atoms with Gasteiger partial charge in [0.15, 0.2) is 0 Å². The molecule has 0 saturated heterocycles. The summed E-state index contributed by atoms with van der Waals surface area (Å²) in [5.74, 6) is 0.669. The maximum Gasteiger partial charge on any atom is 0.224 e. The predicted molar refractivity (Wildman–Crippen MR) is 75.2 cm³/mol. The summed E-state index contributed by atoms with van der Waals surface area (Å²) in [6.07, 6.45) is 0. The second-order valence-electron chi connectivity index (χ2n) is 3.78. The molecule has 92 valence electrons. The number of benzene rings is 2. The number of rotatable bonds is 3. The van der Waals surface area contributed by atoms with Crippen LogP contribution in [-0.4, -0.2) is 5.12 Å². The van der Waals surface area contributed by atoms with Crippen LogP contribution in [-0.2, 0) is 4.79 Å². The lowest BCUT2D eigenvalue weighted by atomic mass is 10.0. The summed E-state index contributed by atoms with van der Waals surface area (Å²) in [6.45, 7) is 1.47. The van der Waals surface area contributed by atoms with Gasteiger partial charge < -0.3 is 9.92 Å². The van der Waals surface area contributed by atoms with E-state index in [1.807, 2.05) is 48.5 Å². The van der Waals surface area contributed by atoms with Gasteiger partial charge in [0.1, 0.15) is 17.8 Å². The Kier molecular flexibility index (Phi) is 3.89. The molecule has 0 aromatic heterocycles. The standard InChI is InChI=1S/C14H13NO2S/c1-10(16)18-17-14-5-3-2-4-13(14)11-6-8-12(15)9-7-11/h2-9H,15H2,1H3. The van der Waals surface area contributed by atoms with Gasteiger partial charge in [-0.15, -0.1) is 0 Å². The van der Waals surface area contributed by atoms with Crippen LogP contribution in [0.4, 0.5) is 5.69 Å². The Morgan fingerprint density at radius 2 is 1.78 bits per heavy atom. The fourth-order valence-electron chi connectivity index (χ4n) is 1.54. The van der Waals surface area contributed by atoms with Gasteiger partial charge in [0.05, 0.1) is 0 Å². The van der Waals surface area contributed by atoms with Crippen molar-refractivity contribution in [1.82, 2.24) is 0 Å². The minimum absolute atomic E-state index is 0.0814. The molecule has 0 aliphatic carbocycles. The van der Waals surface area contributed by atoms with Crippen LogP contribution in [0.25, 0.3) is 11.1 Å². The summed E-state index contributed by atoms with van der Waals surface area (Å²) >= 11 is 0.833. The summed E-state index contributed by atoms with van der Waals surface area (Å²) < 4.78 is 5.42. The summed E-state index contributed by atoms with van der Waals surface area (Å²) in [5.41, 5.74) is 8.32. The quantitative estimate of drug-likeness (QED) is 0.677. The molecule has 0 aliphatic heterocycles. The van der Waals surface area contributed by atoms with E-state index in [0.29, 0.717) is 5.75 Å². The molecule has 18 heavy (non-hydrogen) atoms. The van der Waals surface area contributed by atoms with E-state index in [9.17, 15) is 4.79 Å². The number of anilines is 1. The first-order valence-corrected chi connectivity index (χ1v) is 6.21. The highest BCUT2D eigenvalue weighted by Gasteiger charge is 2.07. The Hall–Kier alpha value is -1.94. The van der Waals surface area contributed by atoms with Crippen molar-refractivity contribution in [3.8, 4) is 16.9 Å². The number of carbonyl (C=O) groups is 1. The molecular formula is C14H13NO2S. The van der Waals surface area contributed by atoms with E-state index in [4.69, 9.17) is 9.92 Å². The zero-order valence-corrected chi connectivity index (χ0v) is 10.7. The van der Waals surface area contributed by atoms with Gasteiger partial charge in [0, 0.05) is 18.2 Å². The highest BCUT2D eigenvalue weighted by molar-refractivity contribution is 8.09. The van der Waals surface area contributed by atoms with Crippen LogP contribution in [0.3, 0.4) is 0 Å². The van der Waals surface area contributed by atoms with E-state index in [1.54, 1.807) is 0 Å². The van der Waals surface area contributed by atoms with Crippen molar-refractivity contribution >= 4 is 22.8 Å². The Bertz CT molecular complexity index is 552. The van der Waals surface area contributed by atoms with Crippen LogP contribution in [0.15, 0.2) is 48.5 Å². The van der Waals surface area contributed by atoms with Gasteiger partial charge in [-0.2, -0.15) is 0 Å². The molecule has 0 bridgehead atoms. The monoisotopic (exact) mass is 259 g/mol. The Morgan fingerprint density at radius 1 is 1.11 bits per heavy atom. The van der Waals surface area contributed by atoms with Crippen molar-refractivity contribution < 1.29 is 8.98 Å². The molecule has 0 unspecified atom stereocenters. The lowest BCUT2D eigenvalue weighted by Gasteiger charge is -2.09. The van der Waals surface area contributed by atoms with E-state index in [-0.39, 0.29) is 5.12 Å². The first kappa shape index (κ1) is 12.5. The molecule has 2 aromatic rings. The van der Waals surface area contributed by atoms with Gasteiger partial charge >= 0.3 is 0 Å². The highest BCUT2D eigenvalue weighted by Crippen LogP contribution is 2.32. The fourth-order valence-corrected chi connectivity index (χ4v) is 1.90. The average Bonchev–Trinajstić information content (AvgIpc) is 2.38. The number of nitrogens with two attached hydrogens (primary N) is 1. The molecule has 0 fully saturated rings. The number of hydrogen-bond acceptors (Lipinski definition) is 4. The zero-order chi connectivity index (χ0) is 13.0. The molecular weight excluding hydrogens is 246 g/mol. The van der Waals surface area contributed by atoms with Crippen molar-refractivity contribution in [3.05, 3.63) is 48.5 Å². The van der Waals surface area contributed by atoms with Crippen molar-refractivity contribution in [3.63, 3.8) is 0 Å². The molecule has 0 aliphatic rings. The molecule has 0 amide bonds. The Morgan fingerprint density at radius 3 is 2.44 bits per heavy atom. The lowest BCUT2D eigenvalue weighted by molar-refractivity contribution is -0.109. The number of para-hydroxylation sites is 1. The van der Waals surface area contributed by atoms with Gasteiger partial charge in [0.25, 0.3) is 0 Å². The summed E-state index contributed by atoms with van der Waals surface area (Å²) in [4.78, 5) is 10.9. The van der Waals surface area contributed by atoms with Crippen molar-refractivity contribution in [2.24, 2.45) is 0 Å². The summed E-state index contributed by atoms with van der Waals surface area (Å²) in [6, 6.07) is 15.1. The normalized spacial score (nSPS) is 10.1. The second-order valence-corrected chi connectivity index (χ2v) is 4.68. The van der Waals surface area contributed by atoms with Gasteiger partial charge in [0.2, 0.25) is 5.12 Å². The predicted octanol–water partition coefficient (Wildman–Crippen LogP) is 3.51. The molecule has 0 heterocycles. The van der Waals surface area contributed by atoms with Gasteiger partial charge in [-0.3, -0.25) is 4.79 Å². The van der Waals surface area contributed by atoms with Crippen molar-refractivity contribution in [2.45, 2.75) is 6.92 Å². The molecule has 0 spiro atoms. The number of hydrogen-bond donors (Lipinski definition) is 1. The minimum atomic E-state index is -0.0814. The van der Waals surface area contributed by atoms with E-state index >= 15 is 0 Å². The smallest absolute Gasteiger partial charge is 0.224 e. The third-order valence-electron chi connectivity index (χ3n) is 2.36. The molecule has 0 atom stereocenters. The molecule has 2 N–H and O–H groups in total. The molecule has 4 heteroatoms. The van der Waals surface area contributed by atoms with Gasteiger partial charge in [-0.05, 0) is 23.8 Å². The molecule has 2 rings (SSSR count). The van der Waals surface area contributed by atoms with E-state index in [2.05, 4.69) is 0 Å². The lowest BCUT2D eigenvalue weighted by Crippen LogP contribution is -1.91. The first-order chi connectivity index (χ1) is 8.66. The minimum Gasteiger partial charge on any atom is -0.417 e. The van der Waals surface area contributed by atoms with E-state index in [1.165, 1.54) is 6.92 Å². The number of nitrogen functional groups attached to an aromatic ring is 1. The van der Waals surface area contributed by atoms with Crippen molar-refractivity contribution in [1.29, 1.82) is 0 Å². The van der Waals surface area contributed by atoms with Crippen LogP contribution in [0.5, 0.6) is 5.75 Å². The fraction of sp³-hybridized carbons (Fsp3) is 0.0714. The largest absolute Gasteiger partial charge is 0.417 e. The first-order valence-electron chi connectivity index (χ1n) is 5.47. The summed E-state index contributed by atoms with van der Waals surface area (Å²) in [7, 11) is 0. The average molecular weight is 259 g/mol. The SMILES string of the molecule is CC(=O)SOc1ccccc1-c1ccc(N)cc1. The Labute approximate surface area is 110 Å². The maximum absolute atomic E-state index is 10.9. The van der Waals surface area contributed by atoms with Crippen LogP contribution in [0.1, 0.15) is 6.92 Å². The third-order valence-corrected chi connectivity index (χ3v) is 2.86. The molecule has 0 radical (unpaired) electrons. The van der Waals surface area contributed by atoms with Crippen LogP contribution in [0.2, 0.25) is 0 Å². The van der Waals surface area contributed by atoms with Gasteiger partial charge in [-0.25, -0.2) is 0 Å². The Balaban J connectivity index is 2.32. The number of carbonyl (C=O) groups excluding carboxylic acids is 1. The van der Waals surface area contributed by atoms with Gasteiger partial charge in [-0.1, -0.05) is 30.3 Å². The van der Waals surface area contributed by atoms with Crippen LogP contribution < -0.4 is 9.92 Å². The molecule has 0 saturated carbocycles. The van der Waals surface area contributed by atoms with Crippen molar-refractivity contribution in [2.75, 3.05) is 5.73 Å². The molecule has 2 aromatic carbocycles. The topological polar surface area (TPSA) is 52.3 Å².